The van der Waals surface area contributed by atoms with Gasteiger partial charge in [-0.1, -0.05) is 36.8 Å². The smallest absolute Gasteiger partial charge is 0.269 e. The summed E-state index contributed by atoms with van der Waals surface area (Å²) in [5.41, 5.74) is 2.76. The number of fused-ring (bicyclic) bond motifs is 1. The summed E-state index contributed by atoms with van der Waals surface area (Å²) in [6, 6.07) is 14.5. The first-order valence-electron chi connectivity index (χ1n) is 10.9. The zero-order valence-corrected chi connectivity index (χ0v) is 17.5. The quantitative estimate of drug-likeness (QED) is 0.422. The number of hydrogen-bond donors (Lipinski definition) is 2. The molecule has 0 radical (unpaired) electrons. The number of H-pyrrole nitrogens is 1. The molecular weight excluding hydrogens is 392 g/mol. The topological polar surface area (TPSA) is 91.3 Å². The molecule has 3 aromatic rings. The van der Waals surface area contributed by atoms with E-state index in [0.29, 0.717) is 6.54 Å². The number of benzene rings is 2. The van der Waals surface area contributed by atoms with Crippen LogP contribution in [0.4, 0.5) is 5.69 Å². The Kier molecular flexibility index (Phi) is 6.62. The summed E-state index contributed by atoms with van der Waals surface area (Å²) in [6.45, 7) is 3.68. The van der Waals surface area contributed by atoms with Crippen molar-refractivity contribution in [1.29, 1.82) is 0 Å². The fourth-order valence-electron chi connectivity index (χ4n) is 4.44. The highest BCUT2D eigenvalue weighted by Gasteiger charge is 2.23. The van der Waals surface area contributed by atoms with Gasteiger partial charge in [-0.05, 0) is 43.1 Å². The van der Waals surface area contributed by atoms with Gasteiger partial charge in [-0.2, -0.15) is 0 Å². The van der Waals surface area contributed by atoms with Crippen molar-refractivity contribution in [2.24, 2.45) is 0 Å². The minimum absolute atomic E-state index is 0.0350. The number of hydrogen-bond acceptors (Lipinski definition) is 4. The van der Waals surface area contributed by atoms with E-state index in [1.807, 2.05) is 36.5 Å². The molecular formula is C24H28N4O3. The molecule has 0 bridgehead atoms. The molecule has 2 aromatic carbocycles. The third-order valence-electron chi connectivity index (χ3n) is 6.07. The zero-order valence-electron chi connectivity index (χ0n) is 17.5. The number of non-ortho nitro benzene ring substituents is 1. The van der Waals surface area contributed by atoms with E-state index in [1.54, 1.807) is 12.1 Å². The summed E-state index contributed by atoms with van der Waals surface area (Å²) in [5.74, 6) is -0.315. The maximum absolute atomic E-state index is 12.8. The summed E-state index contributed by atoms with van der Waals surface area (Å²) in [4.78, 5) is 29.4. The molecule has 0 spiro atoms. The summed E-state index contributed by atoms with van der Waals surface area (Å²) < 4.78 is 0. The van der Waals surface area contributed by atoms with Gasteiger partial charge in [-0.25, -0.2) is 0 Å². The highest BCUT2D eigenvalue weighted by molar-refractivity contribution is 5.86. The average molecular weight is 421 g/mol. The van der Waals surface area contributed by atoms with E-state index in [0.717, 1.165) is 41.7 Å². The predicted molar refractivity (Wildman–Crippen MR) is 121 cm³/mol. The third kappa shape index (κ3) is 5.11. The number of nitro groups is 1. The molecule has 1 fully saturated rings. The van der Waals surface area contributed by atoms with E-state index >= 15 is 0 Å². The monoisotopic (exact) mass is 420 g/mol. The maximum atomic E-state index is 12.8. The Morgan fingerprint density at radius 2 is 1.94 bits per heavy atom. The van der Waals surface area contributed by atoms with Crippen LogP contribution in [0.25, 0.3) is 10.9 Å². The summed E-state index contributed by atoms with van der Waals surface area (Å²) in [7, 11) is 0. The number of nitrogens with one attached hydrogen (secondary N) is 2. The van der Waals surface area contributed by atoms with Gasteiger partial charge in [0, 0.05) is 54.7 Å². The second kappa shape index (κ2) is 9.75. The van der Waals surface area contributed by atoms with Crippen molar-refractivity contribution in [3.05, 3.63) is 76.0 Å². The minimum Gasteiger partial charge on any atom is -0.361 e. The van der Waals surface area contributed by atoms with Gasteiger partial charge >= 0.3 is 0 Å². The van der Waals surface area contributed by atoms with Crippen LogP contribution in [0.1, 0.15) is 42.7 Å². The number of piperidine rings is 1. The number of nitrogens with zero attached hydrogens (tertiary/aromatic N) is 2. The summed E-state index contributed by atoms with van der Waals surface area (Å²) in [6.07, 6.45) is 5.89. The van der Waals surface area contributed by atoms with Crippen molar-refractivity contribution in [3.8, 4) is 0 Å². The fraction of sp³-hybridized carbons (Fsp3) is 0.375. The van der Waals surface area contributed by atoms with E-state index in [2.05, 4.69) is 15.2 Å². The summed E-state index contributed by atoms with van der Waals surface area (Å²) >= 11 is 0. The Bertz CT molecular complexity index is 1060. The Balaban J connectivity index is 1.53. The van der Waals surface area contributed by atoms with E-state index in [-0.39, 0.29) is 23.9 Å². The third-order valence-corrected chi connectivity index (χ3v) is 6.07. The van der Waals surface area contributed by atoms with Gasteiger partial charge in [0.1, 0.15) is 0 Å². The van der Waals surface area contributed by atoms with Crippen molar-refractivity contribution in [1.82, 2.24) is 15.2 Å². The molecule has 1 saturated heterocycles. The van der Waals surface area contributed by atoms with Gasteiger partial charge in [0.25, 0.3) is 5.69 Å². The SMILES string of the molecule is O=C(CC(c1cccc([N+](=O)[O-])c1)c1c[nH]c2ccccc12)NCCN1CCCCC1. The predicted octanol–water partition coefficient (Wildman–Crippen LogP) is 4.20. The number of aromatic amines is 1. The van der Waals surface area contributed by atoms with Gasteiger partial charge in [0.2, 0.25) is 5.91 Å². The average Bonchev–Trinajstić information content (AvgIpc) is 3.22. The lowest BCUT2D eigenvalue weighted by Gasteiger charge is -2.26. The molecule has 4 rings (SSSR count). The van der Waals surface area contributed by atoms with Gasteiger partial charge < -0.3 is 15.2 Å². The standard InChI is InChI=1S/C24H28N4O3/c29-24(25-11-14-27-12-4-1-5-13-27)16-21(18-7-6-8-19(15-18)28(30)31)22-17-26-23-10-3-2-9-20(22)23/h2-3,6-10,15,17,21,26H,1,4-5,11-14,16H2,(H,25,29). The van der Waals surface area contributed by atoms with Crippen LogP contribution in [-0.4, -0.2) is 46.9 Å². The summed E-state index contributed by atoms with van der Waals surface area (Å²) in [5, 5.41) is 15.4. The van der Waals surface area contributed by atoms with Crippen molar-refractivity contribution in [3.63, 3.8) is 0 Å². The number of carbonyl (C=O) groups excluding carboxylic acids is 1. The lowest BCUT2D eigenvalue weighted by molar-refractivity contribution is -0.384. The van der Waals surface area contributed by atoms with Crippen LogP contribution in [0.2, 0.25) is 0 Å². The highest BCUT2D eigenvalue weighted by Crippen LogP contribution is 2.34. The van der Waals surface area contributed by atoms with Crippen LogP contribution in [0.5, 0.6) is 0 Å². The molecule has 2 heterocycles. The van der Waals surface area contributed by atoms with E-state index in [1.165, 1.54) is 25.3 Å². The van der Waals surface area contributed by atoms with Crippen molar-refractivity contribution >= 4 is 22.5 Å². The first kappa shape index (κ1) is 21.1. The second-order valence-corrected chi connectivity index (χ2v) is 8.15. The van der Waals surface area contributed by atoms with Gasteiger partial charge in [0.05, 0.1) is 4.92 Å². The number of para-hydroxylation sites is 1. The molecule has 1 aromatic heterocycles. The van der Waals surface area contributed by atoms with Crippen molar-refractivity contribution in [2.75, 3.05) is 26.2 Å². The molecule has 7 nitrogen and oxygen atoms in total. The van der Waals surface area contributed by atoms with Crippen LogP contribution >= 0.6 is 0 Å². The lowest BCUT2D eigenvalue weighted by Crippen LogP contribution is -2.38. The lowest BCUT2D eigenvalue weighted by atomic mass is 9.87. The largest absolute Gasteiger partial charge is 0.361 e. The fourth-order valence-corrected chi connectivity index (χ4v) is 4.44. The van der Waals surface area contributed by atoms with E-state index in [4.69, 9.17) is 0 Å². The van der Waals surface area contributed by atoms with Gasteiger partial charge in [0.15, 0.2) is 0 Å². The van der Waals surface area contributed by atoms with Crippen LogP contribution in [0, 0.1) is 10.1 Å². The maximum Gasteiger partial charge on any atom is 0.269 e. The number of rotatable bonds is 8. The molecule has 1 unspecified atom stereocenters. The number of aromatic nitrogens is 1. The van der Waals surface area contributed by atoms with Crippen molar-refractivity contribution < 1.29 is 9.72 Å². The molecule has 31 heavy (non-hydrogen) atoms. The number of nitro benzene ring substituents is 1. The number of carbonyl (C=O) groups is 1. The van der Waals surface area contributed by atoms with Crippen LogP contribution < -0.4 is 5.32 Å². The van der Waals surface area contributed by atoms with Crippen LogP contribution in [-0.2, 0) is 4.79 Å². The van der Waals surface area contributed by atoms with Crippen LogP contribution in [0.15, 0.2) is 54.7 Å². The minimum atomic E-state index is -0.394. The Labute approximate surface area is 181 Å². The number of amides is 1. The van der Waals surface area contributed by atoms with Crippen LogP contribution in [0.3, 0.4) is 0 Å². The molecule has 1 atom stereocenters. The molecule has 162 valence electrons. The Hall–Kier alpha value is -3.19. The molecule has 0 saturated carbocycles. The van der Waals surface area contributed by atoms with E-state index in [9.17, 15) is 14.9 Å². The van der Waals surface area contributed by atoms with E-state index < -0.39 is 4.92 Å². The Morgan fingerprint density at radius 1 is 1.13 bits per heavy atom. The van der Waals surface area contributed by atoms with Gasteiger partial charge in [-0.15, -0.1) is 0 Å². The number of likely N-dealkylation sites (tertiary alicyclic amines) is 1. The molecule has 0 aliphatic carbocycles. The van der Waals surface area contributed by atoms with Crippen molar-refractivity contribution in [2.45, 2.75) is 31.6 Å². The first-order valence-corrected chi connectivity index (χ1v) is 10.9. The normalized spacial score (nSPS) is 15.6. The highest BCUT2D eigenvalue weighted by atomic mass is 16.6. The second-order valence-electron chi connectivity index (χ2n) is 8.15. The molecule has 2 N–H and O–H groups in total. The van der Waals surface area contributed by atoms with Gasteiger partial charge in [-0.3, -0.25) is 14.9 Å². The molecule has 1 amide bonds. The first-order chi connectivity index (χ1) is 15.1. The molecule has 1 aliphatic heterocycles. The Morgan fingerprint density at radius 3 is 2.74 bits per heavy atom. The zero-order chi connectivity index (χ0) is 21.6. The molecule has 7 heteroatoms. The molecule has 1 aliphatic rings.